The third-order valence-electron chi connectivity index (χ3n) is 2.11. The van der Waals surface area contributed by atoms with E-state index in [-0.39, 0.29) is 0 Å². The summed E-state index contributed by atoms with van der Waals surface area (Å²) in [6.45, 7) is 0.482. The Kier molecular flexibility index (Phi) is 5.43. The highest BCUT2D eigenvalue weighted by molar-refractivity contribution is 6.27. The zero-order valence-electron chi connectivity index (χ0n) is 9.47. The zero-order chi connectivity index (χ0) is 12.5. The van der Waals surface area contributed by atoms with Crippen molar-refractivity contribution in [3.63, 3.8) is 0 Å². The summed E-state index contributed by atoms with van der Waals surface area (Å²) >= 11 is 0. The predicted octanol–water partition coefficient (Wildman–Crippen LogP) is 0.492. The highest BCUT2D eigenvalue weighted by Crippen LogP contribution is 2.11. The molecule has 0 heterocycles. The van der Waals surface area contributed by atoms with Crippen LogP contribution in [0.5, 0.6) is 5.75 Å². The SMILES string of the molecule is COc1ccc(CCNC(=O)/C=N\[C]=O)cc1. The van der Waals surface area contributed by atoms with Crippen LogP contribution in [0.3, 0.4) is 0 Å². The Morgan fingerprint density at radius 3 is 2.76 bits per heavy atom. The fourth-order valence-electron chi connectivity index (χ4n) is 1.25. The topological polar surface area (TPSA) is 67.8 Å². The highest BCUT2D eigenvalue weighted by Gasteiger charge is 1.97. The van der Waals surface area contributed by atoms with E-state index in [4.69, 9.17) is 4.74 Å². The molecular weight excluding hydrogens is 220 g/mol. The van der Waals surface area contributed by atoms with Gasteiger partial charge in [-0.05, 0) is 24.1 Å². The molecule has 0 fully saturated rings. The predicted molar refractivity (Wildman–Crippen MR) is 63.9 cm³/mol. The summed E-state index contributed by atoms with van der Waals surface area (Å²) < 4.78 is 5.03. The fraction of sp³-hybridized carbons (Fsp3) is 0.250. The minimum Gasteiger partial charge on any atom is -0.497 e. The third kappa shape index (κ3) is 4.92. The summed E-state index contributed by atoms with van der Waals surface area (Å²) in [5.74, 6) is 0.397. The molecule has 0 spiro atoms. The molecule has 0 saturated carbocycles. The smallest absolute Gasteiger partial charge is 0.337 e. The molecule has 0 saturated heterocycles. The number of ether oxygens (including phenoxy) is 1. The molecule has 1 N–H and O–H groups in total. The van der Waals surface area contributed by atoms with Gasteiger partial charge in [-0.25, -0.2) is 4.99 Å². The lowest BCUT2D eigenvalue weighted by Gasteiger charge is -2.04. The molecule has 2 amide bonds. The summed E-state index contributed by atoms with van der Waals surface area (Å²) in [4.78, 5) is 23.8. The second kappa shape index (κ2) is 7.16. The molecule has 5 nitrogen and oxygen atoms in total. The monoisotopic (exact) mass is 233 g/mol. The lowest BCUT2D eigenvalue weighted by Crippen LogP contribution is -2.26. The van der Waals surface area contributed by atoms with Crippen LogP contribution < -0.4 is 10.1 Å². The first-order valence-electron chi connectivity index (χ1n) is 5.07. The van der Waals surface area contributed by atoms with Crippen molar-refractivity contribution in [3.05, 3.63) is 29.8 Å². The molecule has 0 aliphatic rings. The second-order valence-electron chi connectivity index (χ2n) is 3.24. The number of carbonyl (C=O) groups is 1. The van der Waals surface area contributed by atoms with E-state index >= 15 is 0 Å². The number of hydrogen-bond acceptors (Lipinski definition) is 3. The quantitative estimate of drug-likeness (QED) is 0.727. The number of amides is 2. The molecule has 0 aliphatic heterocycles. The van der Waals surface area contributed by atoms with Gasteiger partial charge >= 0.3 is 6.41 Å². The van der Waals surface area contributed by atoms with E-state index in [2.05, 4.69) is 10.3 Å². The minimum absolute atomic E-state index is 0.401. The Labute approximate surface area is 99.5 Å². The number of benzene rings is 1. The first kappa shape index (κ1) is 12.9. The van der Waals surface area contributed by atoms with Gasteiger partial charge in [0.1, 0.15) is 5.75 Å². The van der Waals surface area contributed by atoms with E-state index in [9.17, 15) is 9.59 Å². The van der Waals surface area contributed by atoms with Crippen molar-refractivity contribution in [2.24, 2.45) is 4.99 Å². The van der Waals surface area contributed by atoms with Gasteiger partial charge in [0.2, 0.25) is 0 Å². The number of hydrogen-bond donors (Lipinski definition) is 1. The van der Waals surface area contributed by atoms with Crippen molar-refractivity contribution in [2.75, 3.05) is 13.7 Å². The van der Waals surface area contributed by atoms with Gasteiger partial charge in [-0.15, -0.1) is 0 Å². The van der Waals surface area contributed by atoms with Crippen LogP contribution in [-0.2, 0) is 16.0 Å². The van der Waals surface area contributed by atoms with Crippen LogP contribution in [0, 0.1) is 0 Å². The number of methoxy groups -OCH3 is 1. The Hall–Kier alpha value is -2.17. The molecule has 1 aromatic carbocycles. The molecule has 1 aromatic rings. The Morgan fingerprint density at radius 1 is 1.47 bits per heavy atom. The number of nitrogens with one attached hydrogen (secondary N) is 1. The molecule has 1 radical (unpaired) electrons. The van der Waals surface area contributed by atoms with Crippen molar-refractivity contribution in [1.29, 1.82) is 0 Å². The van der Waals surface area contributed by atoms with Crippen LogP contribution in [0.4, 0.5) is 0 Å². The number of aliphatic imine (C=N–C) groups is 1. The molecule has 5 heteroatoms. The molecule has 0 bridgehead atoms. The van der Waals surface area contributed by atoms with E-state index in [0.29, 0.717) is 13.0 Å². The fourth-order valence-corrected chi connectivity index (χ4v) is 1.25. The minimum atomic E-state index is -0.401. The summed E-state index contributed by atoms with van der Waals surface area (Å²) in [5.41, 5.74) is 1.09. The molecule has 0 unspecified atom stereocenters. The highest BCUT2D eigenvalue weighted by atomic mass is 16.5. The van der Waals surface area contributed by atoms with Crippen molar-refractivity contribution in [1.82, 2.24) is 5.32 Å². The van der Waals surface area contributed by atoms with Crippen LogP contribution in [0.1, 0.15) is 5.56 Å². The standard InChI is InChI=1S/C12H13N2O3/c1-17-11-4-2-10(3-5-11)6-7-14-12(16)8-13-9-15/h2-5,8H,6-7H2,1H3,(H,14,16)/b13-8-. The lowest BCUT2D eigenvalue weighted by atomic mass is 10.1. The van der Waals surface area contributed by atoms with Crippen LogP contribution in [0.15, 0.2) is 29.3 Å². The van der Waals surface area contributed by atoms with Gasteiger partial charge in [0.05, 0.1) is 13.3 Å². The van der Waals surface area contributed by atoms with E-state index in [1.54, 1.807) is 7.11 Å². The lowest BCUT2D eigenvalue weighted by molar-refractivity contribution is -0.114. The van der Waals surface area contributed by atoms with Gasteiger partial charge in [0.25, 0.3) is 5.91 Å². The van der Waals surface area contributed by atoms with Crippen LogP contribution in [-0.4, -0.2) is 32.2 Å². The van der Waals surface area contributed by atoms with Crippen molar-refractivity contribution in [2.45, 2.75) is 6.42 Å². The maximum Gasteiger partial charge on any atom is 0.337 e. The Morgan fingerprint density at radius 2 is 2.18 bits per heavy atom. The van der Waals surface area contributed by atoms with Crippen molar-refractivity contribution < 1.29 is 14.3 Å². The van der Waals surface area contributed by atoms with E-state index < -0.39 is 5.91 Å². The van der Waals surface area contributed by atoms with Gasteiger partial charge in [0.15, 0.2) is 0 Å². The molecule has 89 valence electrons. The van der Waals surface area contributed by atoms with Crippen LogP contribution >= 0.6 is 0 Å². The van der Waals surface area contributed by atoms with Gasteiger partial charge in [-0.3, -0.25) is 9.59 Å². The third-order valence-corrected chi connectivity index (χ3v) is 2.11. The summed E-state index contributed by atoms with van der Waals surface area (Å²) in [6, 6.07) is 7.58. The first-order chi connectivity index (χ1) is 8.26. The normalized spacial score (nSPS) is 10.2. The Bertz CT molecular complexity index is 399. The van der Waals surface area contributed by atoms with Gasteiger partial charge in [-0.2, -0.15) is 0 Å². The molecule has 0 aromatic heterocycles. The summed E-state index contributed by atoms with van der Waals surface area (Å²) in [5, 5.41) is 2.60. The number of nitrogens with zero attached hydrogens (tertiary/aromatic N) is 1. The second-order valence-corrected chi connectivity index (χ2v) is 3.24. The van der Waals surface area contributed by atoms with Gasteiger partial charge in [0, 0.05) is 6.54 Å². The van der Waals surface area contributed by atoms with Crippen molar-refractivity contribution >= 4 is 18.5 Å². The molecule has 0 aliphatic carbocycles. The van der Waals surface area contributed by atoms with E-state index in [0.717, 1.165) is 17.5 Å². The van der Waals surface area contributed by atoms with E-state index in [1.165, 1.54) is 6.41 Å². The van der Waals surface area contributed by atoms with Crippen LogP contribution in [0.25, 0.3) is 0 Å². The molecule has 0 atom stereocenters. The summed E-state index contributed by atoms with van der Waals surface area (Å²) in [6.07, 6.45) is 2.87. The largest absolute Gasteiger partial charge is 0.497 e. The molecular formula is C12H13N2O3. The van der Waals surface area contributed by atoms with Gasteiger partial charge < -0.3 is 10.1 Å². The zero-order valence-corrected chi connectivity index (χ0v) is 9.47. The van der Waals surface area contributed by atoms with E-state index in [1.807, 2.05) is 24.3 Å². The molecule has 17 heavy (non-hydrogen) atoms. The Balaban J connectivity index is 2.32. The average molecular weight is 233 g/mol. The first-order valence-corrected chi connectivity index (χ1v) is 5.07. The number of carbonyl (C=O) groups excluding carboxylic acids is 2. The number of rotatable bonds is 6. The van der Waals surface area contributed by atoms with Crippen LogP contribution in [0.2, 0.25) is 0 Å². The maximum atomic E-state index is 11.0. The summed E-state index contributed by atoms with van der Waals surface area (Å²) in [7, 11) is 1.61. The average Bonchev–Trinajstić information content (AvgIpc) is 2.37. The van der Waals surface area contributed by atoms with Gasteiger partial charge in [-0.1, -0.05) is 12.1 Å². The molecule has 1 rings (SSSR count). The van der Waals surface area contributed by atoms with Crippen molar-refractivity contribution in [3.8, 4) is 5.75 Å². The maximum absolute atomic E-state index is 11.0.